The Morgan fingerprint density at radius 2 is 1.84 bits per heavy atom. The molecule has 0 saturated heterocycles. The summed E-state index contributed by atoms with van der Waals surface area (Å²) >= 11 is 0. The second kappa shape index (κ2) is 9.18. The van der Waals surface area contributed by atoms with Crippen LogP contribution in [0.3, 0.4) is 0 Å². The number of carbonyl (C=O) groups is 2. The highest BCUT2D eigenvalue weighted by Crippen LogP contribution is 2.24. The van der Waals surface area contributed by atoms with Crippen molar-refractivity contribution in [3.05, 3.63) is 89.9 Å². The first-order valence-electron chi connectivity index (χ1n) is 10.0. The molecule has 0 saturated carbocycles. The monoisotopic (exact) mass is 426 g/mol. The fourth-order valence-electron chi connectivity index (χ4n) is 3.21. The van der Waals surface area contributed by atoms with Gasteiger partial charge in [-0.1, -0.05) is 11.6 Å². The fourth-order valence-corrected chi connectivity index (χ4v) is 3.21. The molecule has 2 heterocycles. The molecule has 0 atom stereocenters. The molecular formula is C25H22N4O3. The number of aryl methyl sites for hydroxylation is 1. The van der Waals surface area contributed by atoms with Crippen molar-refractivity contribution in [1.29, 1.82) is 0 Å². The van der Waals surface area contributed by atoms with Crippen LogP contribution in [0.25, 0.3) is 17.0 Å². The number of benzene rings is 2. The maximum Gasteiger partial charge on any atom is 0.269 e. The predicted molar refractivity (Wildman–Crippen MR) is 125 cm³/mol. The molecule has 4 aromatic rings. The lowest BCUT2D eigenvalue weighted by molar-refractivity contribution is -0.111. The highest BCUT2D eigenvalue weighted by atomic mass is 16.5. The lowest BCUT2D eigenvalue weighted by Crippen LogP contribution is -2.18. The van der Waals surface area contributed by atoms with Crippen molar-refractivity contribution in [2.75, 3.05) is 12.4 Å². The predicted octanol–water partition coefficient (Wildman–Crippen LogP) is 4.68. The molecule has 160 valence electrons. The summed E-state index contributed by atoms with van der Waals surface area (Å²) in [7, 11) is 1.54. The van der Waals surface area contributed by atoms with Crippen LogP contribution in [0.4, 0.5) is 5.69 Å². The molecule has 0 aliphatic heterocycles. The normalized spacial score (nSPS) is 10.9. The third-order valence-electron chi connectivity index (χ3n) is 4.83. The van der Waals surface area contributed by atoms with Crippen molar-refractivity contribution in [3.8, 4) is 11.5 Å². The average Bonchev–Trinajstić information content (AvgIpc) is 3.20. The SMILES string of the molecule is CNC(=O)c1cc(Oc2ccc(NC(=O)C=Cc3c[nH]c4ccc(C)cc34)cc2)ccn1. The molecule has 7 nitrogen and oxygen atoms in total. The van der Waals surface area contributed by atoms with Crippen LogP contribution in [0, 0.1) is 6.92 Å². The van der Waals surface area contributed by atoms with Crippen molar-refractivity contribution >= 4 is 34.5 Å². The lowest BCUT2D eigenvalue weighted by Gasteiger charge is -2.08. The molecule has 32 heavy (non-hydrogen) atoms. The van der Waals surface area contributed by atoms with Crippen molar-refractivity contribution in [2.45, 2.75) is 6.92 Å². The maximum absolute atomic E-state index is 12.3. The number of carbonyl (C=O) groups excluding carboxylic acids is 2. The number of H-pyrrole nitrogens is 1. The van der Waals surface area contributed by atoms with Gasteiger partial charge >= 0.3 is 0 Å². The van der Waals surface area contributed by atoms with Gasteiger partial charge < -0.3 is 20.4 Å². The molecule has 2 aromatic carbocycles. The van der Waals surface area contributed by atoms with Crippen molar-refractivity contribution in [2.24, 2.45) is 0 Å². The number of amides is 2. The fraction of sp³-hybridized carbons (Fsp3) is 0.0800. The quantitative estimate of drug-likeness (QED) is 0.390. The molecule has 0 unspecified atom stereocenters. The molecule has 0 radical (unpaired) electrons. The number of hydrogen-bond donors (Lipinski definition) is 3. The van der Waals surface area contributed by atoms with Gasteiger partial charge in [-0.25, -0.2) is 0 Å². The second-order valence-corrected chi connectivity index (χ2v) is 7.20. The van der Waals surface area contributed by atoms with E-state index in [1.807, 2.05) is 25.3 Å². The Kier molecular flexibility index (Phi) is 5.98. The third-order valence-corrected chi connectivity index (χ3v) is 4.83. The zero-order valence-electron chi connectivity index (χ0n) is 17.7. The van der Waals surface area contributed by atoms with Crippen LogP contribution < -0.4 is 15.4 Å². The molecular weight excluding hydrogens is 404 g/mol. The molecule has 3 N–H and O–H groups in total. The van der Waals surface area contributed by atoms with Gasteiger partial charge in [-0.3, -0.25) is 14.6 Å². The van der Waals surface area contributed by atoms with Crippen molar-refractivity contribution in [3.63, 3.8) is 0 Å². The van der Waals surface area contributed by atoms with Gasteiger partial charge in [0.05, 0.1) is 0 Å². The van der Waals surface area contributed by atoms with E-state index in [0.29, 0.717) is 17.2 Å². The van der Waals surface area contributed by atoms with Gasteiger partial charge in [-0.2, -0.15) is 0 Å². The van der Waals surface area contributed by atoms with Crippen LogP contribution in [-0.4, -0.2) is 28.8 Å². The van der Waals surface area contributed by atoms with Crippen LogP contribution >= 0.6 is 0 Å². The molecule has 2 amide bonds. The smallest absolute Gasteiger partial charge is 0.269 e. The van der Waals surface area contributed by atoms with E-state index in [-0.39, 0.29) is 17.5 Å². The molecule has 0 fully saturated rings. The van der Waals surface area contributed by atoms with E-state index in [1.54, 1.807) is 49.5 Å². The van der Waals surface area contributed by atoms with Crippen LogP contribution in [-0.2, 0) is 4.79 Å². The van der Waals surface area contributed by atoms with E-state index < -0.39 is 0 Å². The van der Waals surface area contributed by atoms with Gasteiger partial charge in [0, 0.05) is 48.2 Å². The van der Waals surface area contributed by atoms with E-state index in [0.717, 1.165) is 22.0 Å². The number of pyridine rings is 1. The van der Waals surface area contributed by atoms with E-state index in [2.05, 4.69) is 26.7 Å². The Morgan fingerprint density at radius 3 is 2.62 bits per heavy atom. The Labute approximate surface area is 185 Å². The number of aromatic nitrogens is 2. The number of fused-ring (bicyclic) bond motifs is 1. The van der Waals surface area contributed by atoms with Crippen LogP contribution in [0.15, 0.2) is 73.1 Å². The number of nitrogens with one attached hydrogen (secondary N) is 3. The first kappa shape index (κ1) is 20.9. The average molecular weight is 426 g/mol. The molecule has 0 bridgehead atoms. The highest BCUT2D eigenvalue weighted by Gasteiger charge is 2.07. The molecule has 4 rings (SSSR count). The summed E-state index contributed by atoms with van der Waals surface area (Å²) in [4.78, 5) is 31.2. The van der Waals surface area contributed by atoms with Gasteiger partial charge in [0.15, 0.2) is 0 Å². The topological polar surface area (TPSA) is 96.1 Å². The third kappa shape index (κ3) is 4.84. The number of nitrogens with zero attached hydrogens (tertiary/aromatic N) is 1. The Hall–Kier alpha value is -4.39. The summed E-state index contributed by atoms with van der Waals surface area (Å²) in [5, 5.41) is 6.43. The Balaban J connectivity index is 1.39. The zero-order chi connectivity index (χ0) is 22.5. The minimum Gasteiger partial charge on any atom is -0.457 e. The molecule has 0 aliphatic carbocycles. The van der Waals surface area contributed by atoms with E-state index in [1.165, 1.54) is 12.3 Å². The Bertz CT molecular complexity index is 1310. The number of aromatic amines is 1. The van der Waals surface area contributed by atoms with Crippen LogP contribution in [0.2, 0.25) is 0 Å². The van der Waals surface area contributed by atoms with Gasteiger partial charge in [0.1, 0.15) is 17.2 Å². The number of hydrogen-bond acceptors (Lipinski definition) is 4. The summed E-state index contributed by atoms with van der Waals surface area (Å²) in [6.07, 6.45) is 6.69. The van der Waals surface area contributed by atoms with Crippen LogP contribution in [0.1, 0.15) is 21.6 Å². The zero-order valence-corrected chi connectivity index (χ0v) is 17.7. The summed E-state index contributed by atoms with van der Waals surface area (Å²) < 4.78 is 5.77. The second-order valence-electron chi connectivity index (χ2n) is 7.20. The standard InChI is InChI=1S/C25H22N4O3/c1-16-3-9-22-21(13-16)17(15-28-22)4-10-24(30)29-18-5-7-19(8-6-18)32-20-11-12-27-23(14-20)25(31)26-2/h3-15,28H,1-2H3,(H,26,31)(H,29,30). The van der Waals surface area contributed by atoms with Crippen LogP contribution in [0.5, 0.6) is 11.5 Å². The molecule has 2 aromatic heterocycles. The van der Waals surface area contributed by atoms with E-state index in [4.69, 9.17) is 4.74 Å². The first-order chi connectivity index (χ1) is 15.5. The van der Waals surface area contributed by atoms with Gasteiger partial charge in [0.25, 0.3) is 5.91 Å². The van der Waals surface area contributed by atoms with Gasteiger partial charge in [-0.15, -0.1) is 0 Å². The maximum atomic E-state index is 12.3. The molecule has 7 heteroatoms. The minimum absolute atomic E-state index is 0.231. The van der Waals surface area contributed by atoms with Crippen molar-refractivity contribution < 1.29 is 14.3 Å². The lowest BCUT2D eigenvalue weighted by atomic mass is 10.1. The largest absolute Gasteiger partial charge is 0.457 e. The highest BCUT2D eigenvalue weighted by molar-refractivity contribution is 6.03. The summed E-state index contributed by atoms with van der Waals surface area (Å²) in [5.41, 5.74) is 4.06. The number of ether oxygens (including phenoxy) is 1. The van der Waals surface area contributed by atoms with Gasteiger partial charge in [0.2, 0.25) is 5.91 Å². The summed E-state index contributed by atoms with van der Waals surface area (Å²) in [6.45, 7) is 2.04. The first-order valence-corrected chi connectivity index (χ1v) is 10.0. The van der Waals surface area contributed by atoms with Gasteiger partial charge in [-0.05, 0) is 61.0 Å². The van der Waals surface area contributed by atoms with Crippen molar-refractivity contribution in [1.82, 2.24) is 15.3 Å². The Morgan fingerprint density at radius 1 is 1.03 bits per heavy atom. The molecule has 0 aliphatic rings. The molecule has 0 spiro atoms. The van der Waals surface area contributed by atoms with E-state index in [9.17, 15) is 9.59 Å². The summed E-state index contributed by atoms with van der Waals surface area (Å²) in [6, 6.07) is 16.4. The number of rotatable bonds is 6. The van der Waals surface area contributed by atoms with E-state index >= 15 is 0 Å². The summed E-state index contributed by atoms with van der Waals surface area (Å²) in [5.74, 6) is 0.545. The number of anilines is 1. The minimum atomic E-state index is -0.288.